The van der Waals surface area contributed by atoms with Gasteiger partial charge < -0.3 is 5.11 Å². The van der Waals surface area contributed by atoms with E-state index in [1.165, 1.54) is 6.08 Å². The molecular weight excluding hydrogens is 71.0 g/mol. The molecule has 28 valence electrons. The van der Waals surface area contributed by atoms with Gasteiger partial charge in [0.1, 0.15) is 0 Å². The molecule has 0 aromatic rings. The molecule has 0 radical (unpaired) electrons. The van der Waals surface area contributed by atoms with Gasteiger partial charge in [0.05, 0.1) is 0 Å². The smallest absolute Gasteiger partial charge is 0.873 e. The van der Waals surface area contributed by atoms with E-state index in [0.29, 0.717) is 0 Å². The van der Waals surface area contributed by atoms with Crippen molar-refractivity contribution in [3.8, 4) is 0 Å². The van der Waals surface area contributed by atoms with Gasteiger partial charge >= 0.3 is 18.9 Å². The van der Waals surface area contributed by atoms with Crippen LogP contribution < -0.4 is 24.0 Å². The summed E-state index contributed by atoms with van der Waals surface area (Å²) < 4.78 is 0. The SMILES string of the molecule is C=CC(=C)[O-].[Li+]. The van der Waals surface area contributed by atoms with Crippen LogP contribution in [0.3, 0.4) is 0 Å². The summed E-state index contributed by atoms with van der Waals surface area (Å²) in [5.74, 6) is -0.231. The van der Waals surface area contributed by atoms with E-state index in [9.17, 15) is 5.11 Å². The Hall–Kier alpha value is -0.123. The Morgan fingerprint density at radius 3 is 1.83 bits per heavy atom. The molecule has 0 saturated carbocycles. The standard InChI is InChI=1S/C4H6O.Li/c1-3-4(2)5;/h3,5H,1-2H2;/q;+1/p-1. The minimum Gasteiger partial charge on any atom is -0.873 e. The maximum atomic E-state index is 9.58. The van der Waals surface area contributed by atoms with Crippen molar-refractivity contribution in [1.82, 2.24) is 0 Å². The van der Waals surface area contributed by atoms with Crippen molar-refractivity contribution < 1.29 is 24.0 Å². The third-order valence-corrected chi connectivity index (χ3v) is 0.228. The Bertz CT molecular complexity index is 58.6. The maximum absolute atomic E-state index is 9.58. The molecule has 0 atom stereocenters. The average Bonchev–Trinajstić information content (AvgIpc) is 1.38. The zero-order valence-corrected chi connectivity index (χ0v) is 3.90. The average molecular weight is 76.0 g/mol. The first-order valence-electron chi connectivity index (χ1n) is 1.25. The molecule has 0 aliphatic heterocycles. The third-order valence-electron chi connectivity index (χ3n) is 0.228. The van der Waals surface area contributed by atoms with E-state index in [1.54, 1.807) is 0 Å². The van der Waals surface area contributed by atoms with Crippen LogP contribution in [0.25, 0.3) is 0 Å². The van der Waals surface area contributed by atoms with Crippen molar-refractivity contribution in [2.24, 2.45) is 0 Å². The predicted octanol–water partition coefficient (Wildman–Crippen LogP) is -2.95. The van der Waals surface area contributed by atoms with Crippen LogP contribution in [0.4, 0.5) is 0 Å². The van der Waals surface area contributed by atoms with Gasteiger partial charge in [-0.25, -0.2) is 0 Å². The van der Waals surface area contributed by atoms with Crippen molar-refractivity contribution in [1.29, 1.82) is 0 Å². The number of hydrogen-bond acceptors (Lipinski definition) is 1. The Balaban J connectivity index is 0. The summed E-state index contributed by atoms with van der Waals surface area (Å²) in [4.78, 5) is 0. The molecule has 0 unspecified atom stereocenters. The second kappa shape index (κ2) is 4.88. The number of allylic oxidation sites excluding steroid dienone is 1. The fourth-order valence-corrected chi connectivity index (χ4v) is 0. The van der Waals surface area contributed by atoms with Crippen LogP contribution >= 0.6 is 0 Å². The van der Waals surface area contributed by atoms with Crippen LogP contribution in [-0.2, 0) is 0 Å². The van der Waals surface area contributed by atoms with Crippen LogP contribution in [0, 0.1) is 0 Å². The van der Waals surface area contributed by atoms with E-state index >= 15 is 0 Å². The van der Waals surface area contributed by atoms with Crippen molar-refractivity contribution in [2.75, 3.05) is 0 Å². The topological polar surface area (TPSA) is 23.1 Å². The molecule has 0 spiro atoms. The first-order valence-corrected chi connectivity index (χ1v) is 1.25. The van der Waals surface area contributed by atoms with Gasteiger partial charge in [-0.15, -0.1) is 12.3 Å². The maximum Gasteiger partial charge on any atom is 1.00 e. The Morgan fingerprint density at radius 1 is 1.67 bits per heavy atom. The minimum atomic E-state index is -0.231. The van der Waals surface area contributed by atoms with E-state index < -0.39 is 0 Å². The summed E-state index contributed by atoms with van der Waals surface area (Å²) in [6.07, 6.45) is 1.17. The van der Waals surface area contributed by atoms with Crippen molar-refractivity contribution in [3.63, 3.8) is 0 Å². The van der Waals surface area contributed by atoms with Crippen molar-refractivity contribution in [3.05, 3.63) is 25.0 Å². The van der Waals surface area contributed by atoms with Gasteiger partial charge in [-0.1, -0.05) is 12.7 Å². The normalized spacial score (nSPS) is 5.33. The second-order valence-corrected chi connectivity index (χ2v) is 0.670. The van der Waals surface area contributed by atoms with Crippen LogP contribution in [0.1, 0.15) is 0 Å². The molecule has 0 fully saturated rings. The van der Waals surface area contributed by atoms with Crippen molar-refractivity contribution >= 4 is 0 Å². The summed E-state index contributed by atoms with van der Waals surface area (Å²) in [7, 11) is 0. The Morgan fingerprint density at radius 2 is 1.83 bits per heavy atom. The van der Waals surface area contributed by atoms with Crippen molar-refractivity contribution in [2.45, 2.75) is 0 Å². The molecule has 0 aliphatic carbocycles. The van der Waals surface area contributed by atoms with Gasteiger partial charge in [0.2, 0.25) is 0 Å². The summed E-state index contributed by atoms with van der Waals surface area (Å²) in [5, 5.41) is 9.58. The second-order valence-electron chi connectivity index (χ2n) is 0.670. The predicted molar refractivity (Wildman–Crippen MR) is 19.3 cm³/mol. The third kappa shape index (κ3) is 9.11. The minimum absolute atomic E-state index is 0. The molecule has 6 heavy (non-hydrogen) atoms. The molecule has 1 nitrogen and oxygen atoms in total. The molecule has 0 heterocycles. The van der Waals surface area contributed by atoms with Gasteiger partial charge in [0.25, 0.3) is 0 Å². The fraction of sp³-hybridized carbons (Fsp3) is 0. The molecule has 0 aromatic heterocycles. The van der Waals surface area contributed by atoms with E-state index in [-0.39, 0.29) is 24.6 Å². The van der Waals surface area contributed by atoms with Crippen LogP contribution in [0.15, 0.2) is 25.0 Å². The van der Waals surface area contributed by atoms with Gasteiger partial charge in [0, 0.05) is 0 Å². The van der Waals surface area contributed by atoms with E-state index in [0.717, 1.165) is 0 Å². The molecule has 0 rings (SSSR count). The van der Waals surface area contributed by atoms with Gasteiger partial charge in [-0.3, -0.25) is 0 Å². The largest absolute Gasteiger partial charge is 1.00 e. The van der Waals surface area contributed by atoms with Crippen LogP contribution in [-0.4, -0.2) is 0 Å². The molecule has 0 bridgehead atoms. The van der Waals surface area contributed by atoms with Gasteiger partial charge in [0.15, 0.2) is 0 Å². The molecule has 0 amide bonds. The summed E-state index contributed by atoms with van der Waals surface area (Å²) in [6.45, 7) is 6.15. The molecule has 0 saturated heterocycles. The zero-order chi connectivity index (χ0) is 4.28. The first kappa shape index (κ1) is 9.30. The van der Waals surface area contributed by atoms with E-state index in [2.05, 4.69) is 13.2 Å². The Labute approximate surface area is 49.5 Å². The Kier molecular flexibility index (Phi) is 7.56. The van der Waals surface area contributed by atoms with Gasteiger partial charge in [-0.2, -0.15) is 0 Å². The number of rotatable bonds is 1. The molecular formula is C4H5LiO. The quantitative estimate of drug-likeness (QED) is 0.186. The molecule has 0 aliphatic rings. The summed E-state index contributed by atoms with van der Waals surface area (Å²) in [5.41, 5.74) is 0. The van der Waals surface area contributed by atoms with E-state index in [4.69, 9.17) is 0 Å². The first-order chi connectivity index (χ1) is 2.27. The van der Waals surface area contributed by atoms with Gasteiger partial charge in [-0.05, 0) is 0 Å². The summed E-state index contributed by atoms with van der Waals surface area (Å²) in [6, 6.07) is 0. The fourth-order valence-electron chi connectivity index (χ4n) is 0. The summed E-state index contributed by atoms with van der Waals surface area (Å²) >= 11 is 0. The van der Waals surface area contributed by atoms with E-state index in [1.807, 2.05) is 0 Å². The van der Waals surface area contributed by atoms with Crippen LogP contribution in [0.5, 0.6) is 0 Å². The molecule has 0 N–H and O–H groups in total. The number of hydrogen-bond donors (Lipinski definition) is 0. The molecule has 0 aromatic carbocycles. The zero-order valence-electron chi connectivity index (χ0n) is 3.90. The molecule has 2 heteroatoms. The van der Waals surface area contributed by atoms with Crippen LogP contribution in [0.2, 0.25) is 0 Å². The monoisotopic (exact) mass is 76.1 g/mol.